The van der Waals surface area contributed by atoms with E-state index in [0.29, 0.717) is 39.7 Å². The number of benzene rings is 6. The minimum atomic E-state index is -2.42. The molecule has 0 unspecified atom stereocenters. The molecule has 0 amide bonds. The zero-order valence-corrected chi connectivity index (χ0v) is 35.2. The second kappa shape index (κ2) is 17.8. The van der Waals surface area contributed by atoms with Gasteiger partial charge >= 0.3 is 5.69 Å². The molecule has 1 aliphatic rings. The van der Waals surface area contributed by atoms with Crippen LogP contribution in [0.25, 0.3) is 0 Å². The molecule has 1 aromatic heterocycles. The summed E-state index contributed by atoms with van der Waals surface area (Å²) < 4.78 is 36.3. The summed E-state index contributed by atoms with van der Waals surface area (Å²) in [7, 11) is 6.30. The van der Waals surface area contributed by atoms with Gasteiger partial charge in [-0.1, -0.05) is 109 Å². The fourth-order valence-electron chi connectivity index (χ4n) is 9.11. The molecule has 0 radical (unpaired) electrons. The van der Waals surface area contributed by atoms with E-state index in [9.17, 15) is 19.8 Å². The second-order valence-corrected chi connectivity index (χ2v) is 15.2. The number of methoxy groups -OCH3 is 4. The fourth-order valence-corrected chi connectivity index (χ4v) is 9.11. The highest BCUT2D eigenvalue weighted by Gasteiger charge is 2.69. The van der Waals surface area contributed by atoms with Crippen LogP contribution in [0.3, 0.4) is 0 Å². The zero-order valence-electron chi connectivity index (χ0n) is 35.2. The molecule has 322 valence electrons. The molecule has 12 heteroatoms. The van der Waals surface area contributed by atoms with Crippen molar-refractivity contribution in [2.24, 2.45) is 0 Å². The van der Waals surface area contributed by atoms with Crippen molar-refractivity contribution in [1.29, 1.82) is 0 Å². The molecule has 0 bridgehead atoms. The van der Waals surface area contributed by atoms with Gasteiger partial charge in [-0.2, -0.15) is 0 Å². The molecule has 4 N–H and O–H groups in total. The fraction of sp³-hybridized carbons (Fsp3) is 0.216. The minimum absolute atomic E-state index is 0.124. The van der Waals surface area contributed by atoms with Crippen LogP contribution in [0.4, 0.5) is 0 Å². The van der Waals surface area contributed by atoms with Crippen molar-refractivity contribution in [1.82, 2.24) is 9.97 Å². The van der Waals surface area contributed by atoms with Crippen molar-refractivity contribution in [2.75, 3.05) is 35.0 Å². The van der Waals surface area contributed by atoms with Crippen LogP contribution in [0.15, 0.2) is 174 Å². The van der Waals surface area contributed by atoms with Crippen LogP contribution in [0.2, 0.25) is 0 Å². The Balaban J connectivity index is 1.37. The van der Waals surface area contributed by atoms with Gasteiger partial charge in [0.15, 0.2) is 0 Å². The van der Waals surface area contributed by atoms with Crippen LogP contribution in [0, 0.1) is 0 Å². The average Bonchev–Trinajstić information content (AvgIpc) is 3.59. The number of aliphatic hydroxyl groups is 2. The molecule has 63 heavy (non-hydrogen) atoms. The highest BCUT2D eigenvalue weighted by molar-refractivity contribution is 5.58. The highest BCUT2D eigenvalue weighted by atomic mass is 16.6. The molecule has 12 nitrogen and oxygen atoms in total. The van der Waals surface area contributed by atoms with Crippen LogP contribution in [-0.4, -0.2) is 73.0 Å². The monoisotopic (exact) mass is 848 g/mol. The summed E-state index contributed by atoms with van der Waals surface area (Å²) in [5.74, 6) is 2.39. The standard InChI is InChI=1S/C51H48N2O10/c1-58-39-23-15-34(16-24-39)49(33-11-7-5-8-12-33,35-17-25-40(59-2)26-18-35)51(57)45(54)44(63-46(51)43-31-52-48(56)53-47(43)55)32-62-50(36-13-9-6-10-14-36,37-19-27-41(60-3)28-20-37)38-21-29-42(61-4)30-22-38/h5-31,44-46,54,57H,32H2,1-4H3,(H2,52,53,55,56)/t44-,45-,46+,51-/m1/s1. The molecule has 1 fully saturated rings. The molecule has 0 saturated carbocycles. The van der Waals surface area contributed by atoms with E-state index >= 15 is 0 Å². The van der Waals surface area contributed by atoms with Crippen molar-refractivity contribution in [3.8, 4) is 23.0 Å². The Morgan fingerprint density at radius 2 is 0.952 bits per heavy atom. The van der Waals surface area contributed by atoms with E-state index < -0.39 is 46.2 Å². The van der Waals surface area contributed by atoms with Crippen LogP contribution in [-0.2, 0) is 20.5 Å². The number of nitrogens with one attached hydrogen (secondary N) is 2. The Hall–Kier alpha value is -6.96. The molecule has 0 aliphatic carbocycles. The van der Waals surface area contributed by atoms with Crippen LogP contribution in [0.1, 0.15) is 45.0 Å². The van der Waals surface area contributed by atoms with Gasteiger partial charge in [0.25, 0.3) is 5.56 Å². The summed E-state index contributed by atoms with van der Waals surface area (Å²) in [6.45, 7) is -0.315. The van der Waals surface area contributed by atoms with E-state index in [2.05, 4.69) is 9.97 Å². The summed E-state index contributed by atoms with van der Waals surface area (Å²) in [4.78, 5) is 31.3. The van der Waals surface area contributed by atoms with Gasteiger partial charge in [-0.3, -0.25) is 9.78 Å². The molecule has 1 saturated heterocycles. The van der Waals surface area contributed by atoms with Crippen LogP contribution >= 0.6 is 0 Å². The Morgan fingerprint density at radius 1 is 0.571 bits per heavy atom. The van der Waals surface area contributed by atoms with Crippen molar-refractivity contribution >= 4 is 0 Å². The smallest absolute Gasteiger partial charge is 0.325 e. The third-order valence-corrected chi connectivity index (χ3v) is 12.1. The van der Waals surface area contributed by atoms with E-state index in [1.807, 2.05) is 133 Å². The van der Waals surface area contributed by atoms with E-state index in [1.54, 1.807) is 52.7 Å². The SMILES string of the molecule is COc1ccc(C(OC[C@H]2O[C@@H](c3c[nH]c(=O)[nH]c3=O)[C@@](O)(C(c3ccccc3)(c3ccc(OC)cc3)c3ccc(OC)cc3)[C@@H]2O)(c2ccccc2)c2ccc(OC)cc2)cc1. The lowest BCUT2D eigenvalue weighted by Gasteiger charge is -2.50. The number of aliphatic hydroxyl groups excluding tert-OH is 1. The maximum Gasteiger partial charge on any atom is 0.325 e. The summed E-state index contributed by atoms with van der Waals surface area (Å²) in [6, 6.07) is 48.2. The van der Waals surface area contributed by atoms with Gasteiger partial charge in [-0.15, -0.1) is 0 Å². The Bertz CT molecular complexity index is 2630. The third-order valence-electron chi connectivity index (χ3n) is 12.1. The zero-order chi connectivity index (χ0) is 44.2. The lowest BCUT2D eigenvalue weighted by Crippen LogP contribution is -2.62. The van der Waals surface area contributed by atoms with Gasteiger partial charge in [-0.25, -0.2) is 4.79 Å². The Labute approximate surface area is 364 Å². The van der Waals surface area contributed by atoms with E-state index in [4.69, 9.17) is 28.4 Å². The molecule has 0 spiro atoms. The summed E-state index contributed by atoms with van der Waals surface area (Å²) >= 11 is 0. The first-order valence-electron chi connectivity index (χ1n) is 20.3. The molecule has 7 aromatic rings. The first kappa shape index (κ1) is 42.7. The van der Waals surface area contributed by atoms with Crippen molar-refractivity contribution in [2.45, 2.75) is 34.9 Å². The molecule has 8 rings (SSSR count). The van der Waals surface area contributed by atoms with E-state index in [0.717, 1.165) is 16.7 Å². The molecule has 4 atom stereocenters. The lowest BCUT2D eigenvalue weighted by molar-refractivity contribution is -0.114. The van der Waals surface area contributed by atoms with Gasteiger partial charge in [0, 0.05) is 6.20 Å². The largest absolute Gasteiger partial charge is 0.497 e. The van der Waals surface area contributed by atoms with Gasteiger partial charge in [-0.05, 0) is 81.9 Å². The average molecular weight is 849 g/mol. The number of rotatable bonds is 15. The normalized spacial score (nSPS) is 18.7. The van der Waals surface area contributed by atoms with Gasteiger partial charge in [0.05, 0.1) is 46.0 Å². The van der Waals surface area contributed by atoms with Gasteiger partial charge < -0.3 is 43.6 Å². The molecule has 2 heterocycles. The number of H-pyrrole nitrogens is 2. The van der Waals surface area contributed by atoms with Crippen LogP contribution < -0.4 is 30.2 Å². The highest BCUT2D eigenvalue weighted by Crippen LogP contribution is 2.59. The first-order chi connectivity index (χ1) is 30.6. The van der Waals surface area contributed by atoms with E-state index in [-0.39, 0.29) is 12.2 Å². The maximum absolute atomic E-state index is 14.2. The van der Waals surface area contributed by atoms with Gasteiger partial charge in [0.1, 0.15) is 52.5 Å². The number of aromatic nitrogens is 2. The maximum atomic E-state index is 14.2. The first-order valence-corrected chi connectivity index (χ1v) is 20.3. The predicted octanol–water partition coefficient (Wildman–Crippen LogP) is 6.67. The summed E-state index contributed by atoms with van der Waals surface area (Å²) in [5.41, 5.74) is -3.30. The Kier molecular flexibility index (Phi) is 12.1. The van der Waals surface area contributed by atoms with Gasteiger partial charge in [0.2, 0.25) is 0 Å². The topological polar surface area (TPSA) is 162 Å². The number of aromatic amines is 2. The van der Waals surface area contributed by atoms with Crippen molar-refractivity contribution in [3.05, 3.63) is 224 Å². The Morgan fingerprint density at radius 3 is 1.37 bits per heavy atom. The summed E-state index contributed by atoms with van der Waals surface area (Å²) in [5, 5.41) is 27.4. The lowest BCUT2D eigenvalue weighted by atomic mass is 9.55. The minimum Gasteiger partial charge on any atom is -0.497 e. The molecular weight excluding hydrogens is 801 g/mol. The number of hydrogen-bond donors (Lipinski definition) is 4. The molecule has 1 aliphatic heterocycles. The van der Waals surface area contributed by atoms with Crippen LogP contribution in [0.5, 0.6) is 23.0 Å². The number of ether oxygens (including phenoxy) is 6. The van der Waals surface area contributed by atoms with E-state index in [1.165, 1.54) is 6.20 Å². The quantitative estimate of drug-likeness (QED) is 0.0821. The predicted molar refractivity (Wildman–Crippen MR) is 237 cm³/mol. The van der Waals surface area contributed by atoms with Crippen molar-refractivity contribution < 1.29 is 38.6 Å². The summed E-state index contributed by atoms with van der Waals surface area (Å²) in [6.07, 6.45) is -3.45. The third kappa shape index (κ3) is 7.36. The van der Waals surface area contributed by atoms with Crippen molar-refractivity contribution in [3.63, 3.8) is 0 Å². The molecule has 6 aromatic carbocycles. The number of hydrogen-bond acceptors (Lipinski definition) is 10. The second-order valence-electron chi connectivity index (χ2n) is 15.2. The molecular formula is C51H48N2O10.